The van der Waals surface area contributed by atoms with Crippen LogP contribution in [0.5, 0.6) is 0 Å². The largest absolute Gasteiger partial charge is 0.391 e. The molecule has 84 valence electrons. The first-order valence-electron chi connectivity index (χ1n) is 5.41. The van der Waals surface area contributed by atoms with Crippen molar-refractivity contribution in [2.24, 2.45) is 5.73 Å². The van der Waals surface area contributed by atoms with E-state index in [4.69, 9.17) is 5.73 Å². The van der Waals surface area contributed by atoms with Gasteiger partial charge in [-0.05, 0) is 55.5 Å². The molecule has 1 aromatic carbocycles. The first kappa shape index (κ1) is 12.2. The van der Waals surface area contributed by atoms with Crippen molar-refractivity contribution in [3.05, 3.63) is 33.9 Å². The summed E-state index contributed by atoms with van der Waals surface area (Å²) in [6, 6.07) is 2.20. The van der Waals surface area contributed by atoms with Crippen LogP contribution in [0.25, 0.3) is 0 Å². The lowest BCUT2D eigenvalue weighted by Gasteiger charge is -2.17. The highest BCUT2D eigenvalue weighted by molar-refractivity contribution is 5.44. The van der Waals surface area contributed by atoms with Crippen LogP contribution in [0.15, 0.2) is 6.07 Å². The number of aliphatic hydroxyl groups is 1. The molecule has 0 fully saturated rings. The topological polar surface area (TPSA) is 46.2 Å². The molecule has 0 saturated heterocycles. The van der Waals surface area contributed by atoms with Gasteiger partial charge in [0.2, 0.25) is 0 Å². The highest BCUT2D eigenvalue weighted by Crippen LogP contribution is 2.22. The molecule has 3 N–H and O–H groups in total. The number of hydrogen-bond donors (Lipinski definition) is 2. The Morgan fingerprint density at radius 1 is 1.13 bits per heavy atom. The minimum Gasteiger partial charge on any atom is -0.391 e. The number of hydrogen-bond acceptors (Lipinski definition) is 2. The summed E-state index contributed by atoms with van der Waals surface area (Å²) in [5.74, 6) is 0. The Bertz CT molecular complexity index is 332. The molecule has 0 bridgehead atoms. The first-order chi connectivity index (χ1) is 6.97. The van der Waals surface area contributed by atoms with Crippen LogP contribution < -0.4 is 5.73 Å². The Morgan fingerprint density at radius 2 is 1.60 bits per heavy atom. The second kappa shape index (κ2) is 4.77. The number of rotatable bonds is 3. The zero-order chi connectivity index (χ0) is 11.6. The van der Waals surface area contributed by atoms with Crippen LogP contribution >= 0.6 is 0 Å². The summed E-state index contributed by atoms with van der Waals surface area (Å²) in [7, 11) is 0. The van der Waals surface area contributed by atoms with Gasteiger partial charge in [-0.25, -0.2) is 0 Å². The zero-order valence-corrected chi connectivity index (χ0v) is 10.1. The molecule has 0 aliphatic heterocycles. The smallest absolute Gasteiger partial charge is 0.0702 e. The van der Waals surface area contributed by atoms with Crippen LogP contribution in [0.2, 0.25) is 0 Å². The third kappa shape index (κ3) is 2.58. The monoisotopic (exact) mass is 207 g/mol. The fraction of sp³-hybridized carbons (Fsp3) is 0.538. The molecule has 2 heteroatoms. The van der Waals surface area contributed by atoms with Crippen LogP contribution in [-0.4, -0.2) is 17.8 Å². The van der Waals surface area contributed by atoms with Crippen molar-refractivity contribution in [2.45, 2.75) is 40.2 Å². The number of benzene rings is 1. The fourth-order valence-electron chi connectivity index (χ4n) is 1.92. The lowest BCUT2D eigenvalue weighted by molar-refractivity contribution is 0.183. The average Bonchev–Trinajstić information content (AvgIpc) is 2.21. The zero-order valence-electron chi connectivity index (χ0n) is 10.1. The van der Waals surface area contributed by atoms with Gasteiger partial charge >= 0.3 is 0 Å². The summed E-state index contributed by atoms with van der Waals surface area (Å²) in [5.41, 5.74) is 11.8. The number of aliphatic hydroxyl groups excluding tert-OH is 1. The van der Waals surface area contributed by atoms with Crippen molar-refractivity contribution < 1.29 is 5.11 Å². The van der Waals surface area contributed by atoms with Gasteiger partial charge in [-0.15, -0.1) is 0 Å². The Hall–Kier alpha value is -0.860. The van der Waals surface area contributed by atoms with E-state index in [1.165, 1.54) is 27.8 Å². The minimum atomic E-state index is -0.427. The molecule has 1 unspecified atom stereocenters. The van der Waals surface area contributed by atoms with E-state index in [9.17, 15) is 5.11 Å². The van der Waals surface area contributed by atoms with Gasteiger partial charge in [0, 0.05) is 13.0 Å². The van der Waals surface area contributed by atoms with Crippen molar-refractivity contribution in [3.63, 3.8) is 0 Å². The Labute approximate surface area is 92.1 Å². The molecule has 0 amide bonds. The molecule has 1 atom stereocenters. The molecule has 1 aromatic rings. The maximum Gasteiger partial charge on any atom is 0.0702 e. The highest BCUT2D eigenvalue weighted by Gasteiger charge is 2.11. The Balaban J connectivity index is 3.15. The summed E-state index contributed by atoms with van der Waals surface area (Å²) in [5, 5.41) is 9.62. The lowest BCUT2D eigenvalue weighted by Crippen LogP contribution is -2.23. The van der Waals surface area contributed by atoms with Gasteiger partial charge in [0.1, 0.15) is 0 Å². The second-order valence-corrected chi connectivity index (χ2v) is 4.33. The maximum atomic E-state index is 9.62. The van der Waals surface area contributed by atoms with Crippen LogP contribution in [0, 0.1) is 27.7 Å². The SMILES string of the molecule is Cc1cc(C)c(C)c(CC(O)CN)c1C. The summed E-state index contributed by atoms with van der Waals surface area (Å²) >= 11 is 0. The van der Waals surface area contributed by atoms with E-state index >= 15 is 0 Å². The summed E-state index contributed by atoms with van der Waals surface area (Å²) in [4.78, 5) is 0. The van der Waals surface area contributed by atoms with E-state index in [0.717, 1.165) is 0 Å². The Morgan fingerprint density at radius 3 is 2.00 bits per heavy atom. The van der Waals surface area contributed by atoms with Crippen molar-refractivity contribution in [2.75, 3.05) is 6.54 Å². The molecule has 0 aromatic heterocycles. The van der Waals surface area contributed by atoms with E-state index in [1.807, 2.05) is 0 Å². The quantitative estimate of drug-likeness (QED) is 0.793. The molecule has 0 spiro atoms. The molecule has 2 nitrogen and oxygen atoms in total. The van der Waals surface area contributed by atoms with Gasteiger partial charge in [0.25, 0.3) is 0 Å². The first-order valence-corrected chi connectivity index (χ1v) is 5.41. The van der Waals surface area contributed by atoms with Crippen LogP contribution in [-0.2, 0) is 6.42 Å². The van der Waals surface area contributed by atoms with Crippen LogP contribution in [0.4, 0.5) is 0 Å². The van der Waals surface area contributed by atoms with Gasteiger partial charge in [0.15, 0.2) is 0 Å². The van der Waals surface area contributed by atoms with E-state index < -0.39 is 6.10 Å². The van der Waals surface area contributed by atoms with Crippen LogP contribution in [0.3, 0.4) is 0 Å². The normalized spacial score (nSPS) is 12.9. The number of nitrogens with two attached hydrogens (primary N) is 1. The second-order valence-electron chi connectivity index (χ2n) is 4.33. The van der Waals surface area contributed by atoms with Gasteiger partial charge in [-0.3, -0.25) is 0 Å². The average molecular weight is 207 g/mol. The fourth-order valence-corrected chi connectivity index (χ4v) is 1.92. The van der Waals surface area contributed by atoms with Gasteiger partial charge in [-0.2, -0.15) is 0 Å². The molecule has 0 saturated carbocycles. The maximum absolute atomic E-state index is 9.62. The van der Waals surface area contributed by atoms with Crippen molar-refractivity contribution in [3.8, 4) is 0 Å². The summed E-state index contributed by atoms with van der Waals surface area (Å²) < 4.78 is 0. The summed E-state index contributed by atoms with van der Waals surface area (Å²) in [6.45, 7) is 8.77. The molecule has 0 aliphatic rings. The molecule has 1 rings (SSSR count). The van der Waals surface area contributed by atoms with E-state index in [1.54, 1.807) is 0 Å². The van der Waals surface area contributed by atoms with Crippen LogP contribution in [0.1, 0.15) is 27.8 Å². The third-order valence-corrected chi connectivity index (χ3v) is 3.23. The molecule has 0 radical (unpaired) electrons. The molecular formula is C13H21NO. The standard InChI is InChI=1S/C13H21NO/c1-8-5-9(2)11(4)13(10(8)3)6-12(15)7-14/h5,12,15H,6-7,14H2,1-4H3. The molecule has 15 heavy (non-hydrogen) atoms. The molecular weight excluding hydrogens is 186 g/mol. The predicted octanol–water partition coefficient (Wildman–Crippen LogP) is 1.78. The molecule has 0 heterocycles. The van der Waals surface area contributed by atoms with Gasteiger partial charge in [-0.1, -0.05) is 6.07 Å². The van der Waals surface area contributed by atoms with Gasteiger partial charge < -0.3 is 10.8 Å². The summed E-state index contributed by atoms with van der Waals surface area (Å²) in [6.07, 6.45) is 0.236. The number of aryl methyl sites for hydroxylation is 2. The minimum absolute atomic E-state index is 0.325. The van der Waals surface area contributed by atoms with Crippen molar-refractivity contribution >= 4 is 0 Å². The van der Waals surface area contributed by atoms with E-state index in [-0.39, 0.29) is 0 Å². The Kier molecular flexibility index (Phi) is 3.89. The lowest BCUT2D eigenvalue weighted by atomic mass is 9.91. The van der Waals surface area contributed by atoms with E-state index in [0.29, 0.717) is 13.0 Å². The van der Waals surface area contributed by atoms with Crippen molar-refractivity contribution in [1.82, 2.24) is 0 Å². The predicted molar refractivity (Wildman–Crippen MR) is 64.2 cm³/mol. The van der Waals surface area contributed by atoms with Crippen molar-refractivity contribution in [1.29, 1.82) is 0 Å². The molecule has 0 aliphatic carbocycles. The van der Waals surface area contributed by atoms with E-state index in [2.05, 4.69) is 33.8 Å². The third-order valence-electron chi connectivity index (χ3n) is 3.23. The highest BCUT2D eigenvalue weighted by atomic mass is 16.3. The van der Waals surface area contributed by atoms with Gasteiger partial charge in [0.05, 0.1) is 6.10 Å².